The number of carbonyl (C=O) groups excluding carboxylic acids is 1. The summed E-state index contributed by atoms with van der Waals surface area (Å²) < 4.78 is 5.74. The predicted octanol–water partition coefficient (Wildman–Crippen LogP) is 1.83. The molecule has 23 heavy (non-hydrogen) atoms. The molecule has 0 spiro atoms. The lowest BCUT2D eigenvalue weighted by molar-refractivity contribution is -0.138. The van der Waals surface area contributed by atoms with Gasteiger partial charge in [-0.1, -0.05) is 30.3 Å². The average molecular weight is 312 g/mol. The third-order valence-electron chi connectivity index (χ3n) is 3.96. The summed E-state index contributed by atoms with van der Waals surface area (Å²) in [6.45, 7) is 3.36. The van der Waals surface area contributed by atoms with E-state index in [1.165, 1.54) is 0 Å². The fourth-order valence-electron chi connectivity index (χ4n) is 2.83. The first-order valence-corrected chi connectivity index (χ1v) is 7.76. The molecule has 0 bridgehead atoms. The minimum atomic E-state index is -0.281. The second-order valence-corrected chi connectivity index (χ2v) is 5.82. The van der Waals surface area contributed by atoms with Crippen LogP contribution in [0, 0.1) is 6.92 Å². The van der Waals surface area contributed by atoms with E-state index in [4.69, 9.17) is 4.74 Å². The van der Waals surface area contributed by atoms with Crippen LogP contribution in [0.2, 0.25) is 0 Å². The molecule has 0 saturated carbocycles. The normalized spacial score (nSPS) is 18.0. The first-order chi connectivity index (χ1) is 11.1. The van der Waals surface area contributed by atoms with Crippen molar-refractivity contribution in [3.8, 4) is 0 Å². The molecule has 0 unspecified atom stereocenters. The maximum atomic E-state index is 12.5. The molecule has 1 aliphatic heterocycles. The number of benzene rings is 1. The highest BCUT2D eigenvalue weighted by molar-refractivity contribution is 5.78. The van der Waals surface area contributed by atoms with Gasteiger partial charge in [0, 0.05) is 30.1 Å². The standard InChI is InChI=1S/C18H20N2O3/c1-13-9-15(21)11-16(19-13)17-12-20(7-8-23-17)18(22)10-14-5-3-2-4-6-14/h2-6,9,11,17H,7-8,10,12H2,1H3,(H,19,21)/t17-/m1/s1. The van der Waals surface area contributed by atoms with Gasteiger partial charge in [0.15, 0.2) is 5.43 Å². The van der Waals surface area contributed by atoms with E-state index in [0.29, 0.717) is 26.1 Å². The van der Waals surface area contributed by atoms with E-state index >= 15 is 0 Å². The summed E-state index contributed by atoms with van der Waals surface area (Å²) in [5.74, 6) is 0.0829. The van der Waals surface area contributed by atoms with E-state index in [2.05, 4.69) is 4.98 Å². The van der Waals surface area contributed by atoms with Gasteiger partial charge in [-0.3, -0.25) is 9.59 Å². The van der Waals surface area contributed by atoms with Gasteiger partial charge in [0.05, 0.1) is 19.6 Å². The van der Waals surface area contributed by atoms with E-state index in [-0.39, 0.29) is 17.4 Å². The molecule has 1 saturated heterocycles. The molecule has 5 nitrogen and oxygen atoms in total. The van der Waals surface area contributed by atoms with Crippen LogP contribution in [0.3, 0.4) is 0 Å². The molecule has 2 heterocycles. The molecule has 3 rings (SSSR count). The fourth-order valence-corrected chi connectivity index (χ4v) is 2.83. The summed E-state index contributed by atoms with van der Waals surface area (Å²) in [4.78, 5) is 29.1. The number of amides is 1. The first-order valence-electron chi connectivity index (χ1n) is 7.76. The van der Waals surface area contributed by atoms with Crippen molar-refractivity contribution in [1.82, 2.24) is 9.88 Å². The summed E-state index contributed by atoms with van der Waals surface area (Å²) in [7, 11) is 0. The molecular formula is C18H20N2O3. The van der Waals surface area contributed by atoms with E-state index in [1.54, 1.807) is 12.1 Å². The number of nitrogens with one attached hydrogen (secondary N) is 1. The van der Waals surface area contributed by atoms with E-state index in [0.717, 1.165) is 17.0 Å². The molecule has 1 fully saturated rings. The van der Waals surface area contributed by atoms with Gasteiger partial charge in [0.1, 0.15) is 6.10 Å². The predicted molar refractivity (Wildman–Crippen MR) is 87.2 cm³/mol. The van der Waals surface area contributed by atoms with Gasteiger partial charge < -0.3 is 14.6 Å². The number of nitrogens with zero attached hydrogens (tertiary/aromatic N) is 1. The van der Waals surface area contributed by atoms with Crippen LogP contribution in [0.1, 0.15) is 23.1 Å². The Bertz CT molecular complexity index is 739. The summed E-state index contributed by atoms with van der Waals surface area (Å²) >= 11 is 0. The molecule has 1 atom stereocenters. The van der Waals surface area contributed by atoms with Crippen LogP contribution in [0.25, 0.3) is 0 Å². The van der Waals surface area contributed by atoms with Gasteiger partial charge in [0.2, 0.25) is 5.91 Å². The van der Waals surface area contributed by atoms with Gasteiger partial charge in [-0.15, -0.1) is 0 Å². The molecule has 1 N–H and O–H groups in total. The lowest BCUT2D eigenvalue weighted by Crippen LogP contribution is -2.43. The average Bonchev–Trinajstić information content (AvgIpc) is 2.55. The van der Waals surface area contributed by atoms with Crippen molar-refractivity contribution in [2.45, 2.75) is 19.4 Å². The molecule has 1 aromatic carbocycles. The maximum absolute atomic E-state index is 12.5. The molecule has 5 heteroatoms. The number of pyridine rings is 1. The Labute approximate surface area is 134 Å². The molecule has 120 valence electrons. The number of aryl methyl sites for hydroxylation is 1. The Morgan fingerprint density at radius 2 is 2.09 bits per heavy atom. The number of hydrogen-bond donors (Lipinski definition) is 1. The highest BCUT2D eigenvalue weighted by Gasteiger charge is 2.26. The Morgan fingerprint density at radius 1 is 1.30 bits per heavy atom. The zero-order valence-electron chi connectivity index (χ0n) is 13.1. The summed E-state index contributed by atoms with van der Waals surface area (Å²) in [5.41, 5.74) is 2.48. The van der Waals surface area contributed by atoms with E-state index in [9.17, 15) is 9.59 Å². The van der Waals surface area contributed by atoms with Crippen molar-refractivity contribution in [3.05, 3.63) is 69.6 Å². The Kier molecular flexibility index (Phi) is 4.57. The maximum Gasteiger partial charge on any atom is 0.227 e. The number of hydrogen-bond acceptors (Lipinski definition) is 3. The zero-order chi connectivity index (χ0) is 16.2. The van der Waals surface area contributed by atoms with Crippen molar-refractivity contribution in [2.24, 2.45) is 0 Å². The Morgan fingerprint density at radius 3 is 2.83 bits per heavy atom. The summed E-state index contributed by atoms with van der Waals surface area (Å²) in [5, 5.41) is 0. The van der Waals surface area contributed by atoms with Crippen LogP contribution in [-0.4, -0.2) is 35.5 Å². The van der Waals surface area contributed by atoms with Gasteiger partial charge >= 0.3 is 0 Å². The van der Waals surface area contributed by atoms with Crippen LogP contribution in [0.4, 0.5) is 0 Å². The zero-order valence-corrected chi connectivity index (χ0v) is 13.1. The highest BCUT2D eigenvalue weighted by atomic mass is 16.5. The smallest absolute Gasteiger partial charge is 0.227 e. The lowest BCUT2D eigenvalue weighted by atomic mass is 10.1. The number of H-pyrrole nitrogens is 1. The molecule has 0 radical (unpaired) electrons. The van der Waals surface area contributed by atoms with Crippen molar-refractivity contribution in [1.29, 1.82) is 0 Å². The van der Waals surface area contributed by atoms with Crippen LogP contribution < -0.4 is 5.43 Å². The molecule has 1 aromatic heterocycles. The van der Waals surface area contributed by atoms with Crippen molar-refractivity contribution in [2.75, 3.05) is 19.7 Å². The molecule has 1 aliphatic rings. The number of ether oxygens (including phenoxy) is 1. The lowest BCUT2D eigenvalue weighted by Gasteiger charge is -2.33. The van der Waals surface area contributed by atoms with Gasteiger partial charge in [-0.25, -0.2) is 0 Å². The third kappa shape index (κ3) is 3.87. The second kappa shape index (κ2) is 6.79. The third-order valence-corrected chi connectivity index (χ3v) is 3.96. The number of morpholine rings is 1. The van der Waals surface area contributed by atoms with Crippen molar-refractivity contribution >= 4 is 5.91 Å². The van der Waals surface area contributed by atoms with Crippen LogP contribution in [-0.2, 0) is 16.0 Å². The monoisotopic (exact) mass is 312 g/mol. The minimum absolute atomic E-state index is 0.0485. The fraction of sp³-hybridized carbons (Fsp3) is 0.333. The van der Waals surface area contributed by atoms with Crippen molar-refractivity contribution < 1.29 is 9.53 Å². The van der Waals surface area contributed by atoms with Crippen LogP contribution in [0.15, 0.2) is 47.3 Å². The SMILES string of the molecule is Cc1cc(=O)cc([C@H]2CN(C(=O)Cc3ccccc3)CCO2)[nH]1. The van der Waals surface area contributed by atoms with E-state index < -0.39 is 0 Å². The molecular weight excluding hydrogens is 292 g/mol. The van der Waals surface area contributed by atoms with E-state index in [1.807, 2.05) is 42.2 Å². The topological polar surface area (TPSA) is 62.4 Å². The van der Waals surface area contributed by atoms with Crippen LogP contribution in [0.5, 0.6) is 0 Å². The molecule has 2 aromatic rings. The minimum Gasteiger partial charge on any atom is -0.368 e. The van der Waals surface area contributed by atoms with Gasteiger partial charge in [-0.2, -0.15) is 0 Å². The quantitative estimate of drug-likeness (QED) is 0.940. The van der Waals surface area contributed by atoms with Crippen molar-refractivity contribution in [3.63, 3.8) is 0 Å². The number of rotatable bonds is 3. The Balaban J connectivity index is 1.70. The number of aromatic amines is 1. The van der Waals surface area contributed by atoms with Gasteiger partial charge in [-0.05, 0) is 12.5 Å². The molecule has 0 aliphatic carbocycles. The number of carbonyl (C=O) groups is 1. The van der Waals surface area contributed by atoms with Crippen LogP contribution >= 0.6 is 0 Å². The Hall–Kier alpha value is -2.40. The van der Waals surface area contributed by atoms with Gasteiger partial charge in [0.25, 0.3) is 0 Å². The largest absolute Gasteiger partial charge is 0.368 e. The first kappa shape index (κ1) is 15.5. The highest BCUT2D eigenvalue weighted by Crippen LogP contribution is 2.20. The summed E-state index contributed by atoms with van der Waals surface area (Å²) in [6, 6.07) is 12.8. The summed E-state index contributed by atoms with van der Waals surface area (Å²) in [6.07, 6.45) is 0.105. The molecule has 1 amide bonds. The number of aromatic nitrogens is 1. The second-order valence-electron chi connectivity index (χ2n) is 5.82.